The van der Waals surface area contributed by atoms with Crippen molar-refractivity contribution in [3.63, 3.8) is 0 Å². The molecule has 0 aromatic heterocycles. The van der Waals surface area contributed by atoms with Gasteiger partial charge in [-0.25, -0.2) is 0 Å². The first-order chi connectivity index (χ1) is 12.9. The molecule has 0 N–H and O–H groups in total. The molecule has 0 fully saturated rings. The fourth-order valence-corrected chi connectivity index (χ4v) is 2.50. The van der Waals surface area contributed by atoms with Crippen molar-refractivity contribution in [1.29, 1.82) is 0 Å². The van der Waals surface area contributed by atoms with Gasteiger partial charge in [-0.3, -0.25) is 9.59 Å². The predicted molar refractivity (Wildman–Crippen MR) is 104 cm³/mol. The van der Waals surface area contributed by atoms with Crippen LogP contribution in [0.3, 0.4) is 0 Å². The second-order valence-corrected chi connectivity index (χ2v) is 5.93. The summed E-state index contributed by atoms with van der Waals surface area (Å²) in [5.74, 6) is 0.931. The lowest BCUT2D eigenvalue weighted by Gasteiger charge is -2.13. The highest BCUT2D eigenvalue weighted by Gasteiger charge is 2.18. The third kappa shape index (κ3) is 4.67. The summed E-state index contributed by atoms with van der Waals surface area (Å²) in [5.41, 5.74) is 1.70. The summed E-state index contributed by atoms with van der Waals surface area (Å²) in [6.07, 6.45) is 3.12. The highest BCUT2D eigenvalue weighted by molar-refractivity contribution is 6.10. The molecule has 0 heterocycles. The van der Waals surface area contributed by atoms with Gasteiger partial charge in [0.25, 0.3) is 5.91 Å². The van der Waals surface area contributed by atoms with E-state index in [4.69, 9.17) is 14.2 Å². The Morgan fingerprint density at radius 1 is 0.889 bits per heavy atom. The molecule has 6 heteroatoms. The van der Waals surface area contributed by atoms with E-state index in [1.807, 2.05) is 0 Å². The van der Waals surface area contributed by atoms with Crippen LogP contribution >= 0.6 is 0 Å². The van der Waals surface area contributed by atoms with Crippen LogP contribution in [0.25, 0.3) is 6.08 Å². The van der Waals surface area contributed by atoms with Crippen molar-refractivity contribution in [1.82, 2.24) is 4.90 Å². The molecule has 2 aromatic carbocycles. The monoisotopic (exact) mass is 369 g/mol. The molecular weight excluding hydrogens is 346 g/mol. The number of allylic oxidation sites excluding steroid dienone is 1. The maximum absolute atomic E-state index is 12.7. The maximum Gasteiger partial charge on any atom is 0.253 e. The molecule has 0 aliphatic heterocycles. The second-order valence-electron chi connectivity index (χ2n) is 5.93. The summed E-state index contributed by atoms with van der Waals surface area (Å²) < 4.78 is 15.8. The Labute approximate surface area is 159 Å². The van der Waals surface area contributed by atoms with Crippen LogP contribution in [0.2, 0.25) is 0 Å². The molecule has 0 unspecified atom stereocenters. The zero-order valence-electron chi connectivity index (χ0n) is 16.1. The van der Waals surface area contributed by atoms with Crippen LogP contribution in [0.1, 0.15) is 26.3 Å². The van der Waals surface area contributed by atoms with Crippen LogP contribution < -0.4 is 14.2 Å². The van der Waals surface area contributed by atoms with E-state index in [0.717, 1.165) is 5.56 Å². The molecule has 27 heavy (non-hydrogen) atoms. The van der Waals surface area contributed by atoms with Crippen molar-refractivity contribution in [3.8, 4) is 17.2 Å². The molecule has 2 aromatic rings. The largest absolute Gasteiger partial charge is 0.496 e. The lowest BCUT2D eigenvalue weighted by Crippen LogP contribution is -2.21. The standard InChI is InChI=1S/C21H23NO5/c1-22(2)21(24)15-9-6-14(7-10-15)8-11-17(23)20-18(26-4)12-16(25-3)13-19(20)27-5/h6-13H,1-5H3/b11-8+. The third-order valence-electron chi connectivity index (χ3n) is 3.95. The van der Waals surface area contributed by atoms with Gasteiger partial charge in [0.05, 0.1) is 21.3 Å². The smallest absolute Gasteiger partial charge is 0.253 e. The number of methoxy groups -OCH3 is 3. The third-order valence-corrected chi connectivity index (χ3v) is 3.95. The number of carbonyl (C=O) groups is 2. The summed E-state index contributed by atoms with van der Waals surface area (Å²) in [7, 11) is 7.89. The van der Waals surface area contributed by atoms with Crippen molar-refractivity contribution < 1.29 is 23.8 Å². The Hall–Kier alpha value is -3.28. The molecule has 6 nitrogen and oxygen atoms in total. The van der Waals surface area contributed by atoms with Crippen LogP contribution in [0.5, 0.6) is 17.2 Å². The zero-order valence-corrected chi connectivity index (χ0v) is 16.1. The molecule has 0 radical (unpaired) electrons. The summed E-state index contributed by atoms with van der Waals surface area (Å²) in [4.78, 5) is 26.1. The molecule has 0 saturated heterocycles. The average molecular weight is 369 g/mol. The van der Waals surface area contributed by atoms with E-state index in [2.05, 4.69) is 0 Å². The van der Waals surface area contributed by atoms with E-state index in [1.165, 1.54) is 32.3 Å². The molecular formula is C21H23NO5. The predicted octanol–water partition coefficient (Wildman–Crippen LogP) is 3.31. The number of rotatable bonds is 7. The number of hydrogen-bond donors (Lipinski definition) is 0. The molecule has 0 atom stereocenters. The van der Waals surface area contributed by atoms with Gasteiger partial charge in [0.15, 0.2) is 5.78 Å². The minimum Gasteiger partial charge on any atom is -0.496 e. The molecule has 0 aliphatic rings. The molecule has 2 rings (SSSR count). The Morgan fingerprint density at radius 3 is 1.89 bits per heavy atom. The summed E-state index contributed by atoms with van der Waals surface area (Å²) in [6.45, 7) is 0. The molecule has 0 spiro atoms. The minimum absolute atomic E-state index is 0.0747. The zero-order chi connectivity index (χ0) is 20.0. The highest BCUT2D eigenvalue weighted by Crippen LogP contribution is 2.34. The van der Waals surface area contributed by atoms with Crippen molar-refractivity contribution in [2.24, 2.45) is 0 Å². The number of hydrogen-bond acceptors (Lipinski definition) is 5. The van der Waals surface area contributed by atoms with Gasteiger partial charge in [-0.15, -0.1) is 0 Å². The van der Waals surface area contributed by atoms with Crippen molar-refractivity contribution in [3.05, 3.63) is 59.2 Å². The number of nitrogens with zero attached hydrogens (tertiary/aromatic N) is 1. The van der Waals surface area contributed by atoms with Crippen LogP contribution in [0, 0.1) is 0 Å². The maximum atomic E-state index is 12.7. The van der Waals surface area contributed by atoms with Crippen molar-refractivity contribution in [2.45, 2.75) is 0 Å². The number of amides is 1. The Morgan fingerprint density at radius 2 is 1.44 bits per heavy atom. The van der Waals surface area contributed by atoms with E-state index in [0.29, 0.717) is 28.4 Å². The number of ketones is 1. The van der Waals surface area contributed by atoms with E-state index in [9.17, 15) is 9.59 Å². The van der Waals surface area contributed by atoms with Gasteiger partial charge in [0.1, 0.15) is 22.8 Å². The van der Waals surface area contributed by atoms with Gasteiger partial charge in [-0.2, -0.15) is 0 Å². The summed E-state index contributed by atoms with van der Waals surface area (Å²) >= 11 is 0. The Kier molecular flexibility index (Phi) is 6.60. The van der Waals surface area contributed by atoms with Crippen molar-refractivity contribution in [2.75, 3.05) is 35.4 Å². The van der Waals surface area contributed by atoms with Gasteiger partial charge in [-0.1, -0.05) is 18.2 Å². The van der Waals surface area contributed by atoms with Gasteiger partial charge >= 0.3 is 0 Å². The quantitative estimate of drug-likeness (QED) is 0.553. The van der Waals surface area contributed by atoms with Crippen LogP contribution in [0.15, 0.2) is 42.5 Å². The summed E-state index contributed by atoms with van der Waals surface area (Å²) in [6, 6.07) is 10.3. The van der Waals surface area contributed by atoms with Crippen molar-refractivity contribution >= 4 is 17.8 Å². The number of benzene rings is 2. The molecule has 1 amide bonds. The molecule has 0 saturated carbocycles. The van der Waals surface area contributed by atoms with Gasteiger partial charge in [-0.05, 0) is 23.8 Å². The topological polar surface area (TPSA) is 65.1 Å². The number of carbonyl (C=O) groups excluding carboxylic acids is 2. The first-order valence-corrected chi connectivity index (χ1v) is 8.25. The number of ether oxygens (including phenoxy) is 3. The highest BCUT2D eigenvalue weighted by atomic mass is 16.5. The van der Waals surface area contributed by atoms with E-state index in [1.54, 1.807) is 56.6 Å². The lowest BCUT2D eigenvalue weighted by atomic mass is 10.1. The van der Waals surface area contributed by atoms with E-state index < -0.39 is 0 Å². The van der Waals surface area contributed by atoms with Gasteiger partial charge in [0.2, 0.25) is 0 Å². The normalized spacial score (nSPS) is 10.6. The van der Waals surface area contributed by atoms with E-state index in [-0.39, 0.29) is 11.7 Å². The Balaban J connectivity index is 2.28. The van der Waals surface area contributed by atoms with E-state index >= 15 is 0 Å². The van der Waals surface area contributed by atoms with Crippen LogP contribution in [-0.2, 0) is 0 Å². The van der Waals surface area contributed by atoms with Crippen LogP contribution in [0.4, 0.5) is 0 Å². The average Bonchev–Trinajstić information content (AvgIpc) is 2.70. The SMILES string of the molecule is COc1cc(OC)c(C(=O)/C=C/c2ccc(C(=O)N(C)C)cc2)c(OC)c1. The van der Waals surface area contributed by atoms with Gasteiger partial charge in [0, 0.05) is 31.8 Å². The van der Waals surface area contributed by atoms with Gasteiger partial charge < -0.3 is 19.1 Å². The molecule has 142 valence electrons. The second kappa shape index (κ2) is 8.89. The molecule has 0 bridgehead atoms. The first-order valence-electron chi connectivity index (χ1n) is 8.25. The first kappa shape index (κ1) is 20.0. The molecule has 0 aliphatic carbocycles. The fourth-order valence-electron chi connectivity index (χ4n) is 2.50. The minimum atomic E-state index is -0.264. The lowest BCUT2D eigenvalue weighted by molar-refractivity contribution is 0.0827. The summed E-state index contributed by atoms with van der Waals surface area (Å²) in [5, 5.41) is 0. The van der Waals surface area contributed by atoms with Crippen LogP contribution in [-0.4, -0.2) is 52.0 Å². The fraction of sp³-hybridized carbons (Fsp3) is 0.238. The Bertz CT molecular complexity index is 828.